The molecule has 0 radical (unpaired) electrons. The van der Waals surface area contributed by atoms with E-state index in [1.807, 2.05) is 12.1 Å². The first-order valence-electron chi connectivity index (χ1n) is 9.22. The molecule has 1 aromatic carbocycles. The first kappa shape index (κ1) is 16.1. The monoisotopic (exact) mass is 347 g/mol. The predicted molar refractivity (Wildman–Crippen MR) is 98.3 cm³/mol. The summed E-state index contributed by atoms with van der Waals surface area (Å²) in [5.41, 5.74) is 7.65. The second kappa shape index (κ2) is 6.47. The molecule has 0 bridgehead atoms. The van der Waals surface area contributed by atoms with Crippen LogP contribution in [0.25, 0.3) is 0 Å². The summed E-state index contributed by atoms with van der Waals surface area (Å²) in [6.45, 7) is 2.81. The number of halogens is 1. The predicted octanol–water partition coefficient (Wildman–Crippen LogP) is 3.54. The van der Waals surface area contributed by atoms with Crippen LogP contribution in [0.2, 0.25) is 5.02 Å². The Morgan fingerprint density at radius 2 is 2.04 bits per heavy atom. The van der Waals surface area contributed by atoms with Crippen molar-refractivity contribution in [3.8, 4) is 0 Å². The van der Waals surface area contributed by atoms with E-state index >= 15 is 0 Å². The smallest absolute Gasteiger partial charge is 0.225 e. The maximum atomic E-state index is 12.4. The van der Waals surface area contributed by atoms with Gasteiger partial charge >= 0.3 is 0 Å². The van der Waals surface area contributed by atoms with Crippen LogP contribution in [0, 0.1) is 11.8 Å². The summed E-state index contributed by atoms with van der Waals surface area (Å²) >= 11 is 6.26. The van der Waals surface area contributed by atoms with Crippen LogP contribution in [0.1, 0.15) is 38.5 Å². The van der Waals surface area contributed by atoms with Gasteiger partial charge in [-0.15, -0.1) is 0 Å². The summed E-state index contributed by atoms with van der Waals surface area (Å²) < 4.78 is 0. The molecule has 1 aliphatic heterocycles. The topological polar surface area (TPSA) is 49.6 Å². The van der Waals surface area contributed by atoms with Crippen LogP contribution in [0.3, 0.4) is 0 Å². The van der Waals surface area contributed by atoms with Crippen molar-refractivity contribution in [2.24, 2.45) is 11.8 Å². The van der Waals surface area contributed by atoms with Crippen molar-refractivity contribution >= 4 is 28.9 Å². The molecule has 1 heterocycles. The highest BCUT2D eigenvalue weighted by atomic mass is 35.5. The van der Waals surface area contributed by atoms with Gasteiger partial charge in [0.05, 0.1) is 10.7 Å². The van der Waals surface area contributed by atoms with Gasteiger partial charge in [-0.1, -0.05) is 18.0 Å². The van der Waals surface area contributed by atoms with Crippen molar-refractivity contribution in [1.29, 1.82) is 0 Å². The zero-order valence-corrected chi connectivity index (χ0v) is 14.8. The molecular weight excluding hydrogens is 322 g/mol. The molecule has 24 heavy (non-hydrogen) atoms. The van der Waals surface area contributed by atoms with Crippen LogP contribution >= 0.6 is 11.6 Å². The van der Waals surface area contributed by atoms with Crippen LogP contribution < -0.4 is 10.6 Å². The Labute approximate surface area is 148 Å². The number of carbonyl (C=O) groups excluding carboxylic acids is 1. The maximum Gasteiger partial charge on any atom is 0.225 e. The highest BCUT2D eigenvalue weighted by Crippen LogP contribution is 2.36. The summed E-state index contributed by atoms with van der Waals surface area (Å²) in [6, 6.07) is 6.35. The Bertz CT molecular complexity index is 627. The molecule has 1 unspecified atom stereocenters. The van der Waals surface area contributed by atoms with E-state index in [9.17, 15) is 4.79 Å². The number of benzene rings is 1. The molecule has 5 heteroatoms. The van der Waals surface area contributed by atoms with Gasteiger partial charge in [-0.25, -0.2) is 0 Å². The molecule has 2 saturated carbocycles. The van der Waals surface area contributed by atoms with E-state index < -0.39 is 0 Å². The molecule has 0 spiro atoms. The van der Waals surface area contributed by atoms with Crippen molar-refractivity contribution < 1.29 is 4.79 Å². The first-order valence-corrected chi connectivity index (χ1v) is 9.60. The molecule has 3 aliphatic rings. The lowest BCUT2D eigenvalue weighted by Gasteiger charge is -2.37. The molecule has 130 valence electrons. The number of nitrogens with zero attached hydrogens (tertiary/aromatic N) is 2. The number of likely N-dealkylation sites (tertiary alicyclic amines) is 1. The van der Waals surface area contributed by atoms with Crippen molar-refractivity contribution in [3.63, 3.8) is 0 Å². The van der Waals surface area contributed by atoms with Crippen LogP contribution in [0.5, 0.6) is 0 Å². The van der Waals surface area contributed by atoms with Gasteiger partial charge in [0.1, 0.15) is 0 Å². The number of nitrogens with two attached hydrogens (primary N) is 1. The van der Waals surface area contributed by atoms with E-state index in [4.69, 9.17) is 17.3 Å². The number of rotatable bonds is 5. The molecule has 4 rings (SSSR count). The lowest BCUT2D eigenvalue weighted by Crippen LogP contribution is -2.43. The maximum absolute atomic E-state index is 12.4. The molecule has 1 atom stereocenters. The number of nitrogen functional groups attached to an aromatic ring is 1. The SMILES string of the molecule is Nc1ccc(N(CC2CCC2)C2CCN(C(=O)C3CC3)C2)cc1Cl. The van der Waals surface area contributed by atoms with Gasteiger partial charge in [-0.2, -0.15) is 0 Å². The zero-order chi connectivity index (χ0) is 16.7. The molecule has 4 nitrogen and oxygen atoms in total. The minimum Gasteiger partial charge on any atom is -0.398 e. The van der Waals surface area contributed by atoms with Gasteiger partial charge in [0, 0.05) is 37.3 Å². The van der Waals surface area contributed by atoms with Crippen molar-refractivity contribution in [2.45, 2.75) is 44.6 Å². The first-order chi connectivity index (χ1) is 11.6. The van der Waals surface area contributed by atoms with Crippen LogP contribution in [-0.4, -0.2) is 36.5 Å². The normalized spacial score (nSPS) is 24.0. The van der Waals surface area contributed by atoms with Gasteiger partial charge < -0.3 is 15.5 Å². The molecule has 3 fully saturated rings. The van der Waals surface area contributed by atoms with Gasteiger partial charge in [0.15, 0.2) is 0 Å². The van der Waals surface area contributed by atoms with Crippen molar-refractivity contribution in [3.05, 3.63) is 23.2 Å². The van der Waals surface area contributed by atoms with Gasteiger partial charge in [-0.3, -0.25) is 4.79 Å². The van der Waals surface area contributed by atoms with E-state index in [-0.39, 0.29) is 0 Å². The van der Waals surface area contributed by atoms with E-state index in [0.717, 1.165) is 50.5 Å². The van der Waals surface area contributed by atoms with E-state index in [1.165, 1.54) is 19.3 Å². The van der Waals surface area contributed by atoms with E-state index in [2.05, 4.69) is 15.9 Å². The Morgan fingerprint density at radius 3 is 2.67 bits per heavy atom. The average molecular weight is 348 g/mol. The fraction of sp³-hybridized carbons (Fsp3) is 0.632. The van der Waals surface area contributed by atoms with E-state index in [1.54, 1.807) is 0 Å². The largest absolute Gasteiger partial charge is 0.398 e. The average Bonchev–Trinajstić information content (AvgIpc) is 3.27. The molecule has 2 aliphatic carbocycles. The Balaban J connectivity index is 1.51. The van der Waals surface area contributed by atoms with Crippen molar-refractivity contribution in [1.82, 2.24) is 4.90 Å². The summed E-state index contributed by atoms with van der Waals surface area (Å²) in [5, 5.41) is 0.620. The quantitative estimate of drug-likeness (QED) is 0.829. The number of amides is 1. The third-order valence-corrected chi connectivity index (χ3v) is 6.17. The van der Waals surface area contributed by atoms with Crippen LogP contribution in [-0.2, 0) is 4.79 Å². The fourth-order valence-corrected chi connectivity index (χ4v) is 4.07. The third-order valence-electron chi connectivity index (χ3n) is 5.84. The standard InChI is InChI=1S/C19H26ClN3O/c20-17-10-15(6-7-18(17)21)23(11-13-2-1-3-13)16-8-9-22(12-16)19(24)14-4-5-14/h6-7,10,13-14,16H,1-5,8-9,11-12,21H2. The molecule has 0 aromatic heterocycles. The highest BCUT2D eigenvalue weighted by Gasteiger charge is 2.38. The minimum absolute atomic E-state index is 0.315. The van der Waals surface area contributed by atoms with E-state index in [0.29, 0.717) is 28.6 Å². The Hall–Kier alpha value is -1.42. The number of anilines is 2. The molecule has 1 saturated heterocycles. The summed E-state index contributed by atoms with van der Waals surface area (Å²) in [5.74, 6) is 1.46. The van der Waals surface area contributed by atoms with Gasteiger partial charge in [0.25, 0.3) is 0 Å². The lowest BCUT2D eigenvalue weighted by atomic mass is 9.84. The molecule has 1 amide bonds. The molecule has 2 N–H and O–H groups in total. The Morgan fingerprint density at radius 1 is 1.25 bits per heavy atom. The number of carbonyl (C=O) groups is 1. The third kappa shape index (κ3) is 3.21. The number of hydrogen-bond donors (Lipinski definition) is 1. The molecule has 1 aromatic rings. The van der Waals surface area contributed by atoms with Gasteiger partial charge in [-0.05, 0) is 56.2 Å². The van der Waals surface area contributed by atoms with Crippen molar-refractivity contribution in [2.75, 3.05) is 30.3 Å². The number of hydrogen-bond acceptors (Lipinski definition) is 3. The summed E-state index contributed by atoms with van der Waals surface area (Å²) in [4.78, 5) is 16.9. The summed E-state index contributed by atoms with van der Waals surface area (Å²) in [6.07, 6.45) is 7.19. The second-order valence-electron chi connectivity index (χ2n) is 7.66. The summed E-state index contributed by atoms with van der Waals surface area (Å²) in [7, 11) is 0. The van der Waals surface area contributed by atoms with Crippen LogP contribution in [0.15, 0.2) is 18.2 Å². The minimum atomic E-state index is 0.315. The zero-order valence-electron chi connectivity index (χ0n) is 14.1. The fourth-order valence-electron chi connectivity index (χ4n) is 3.90. The van der Waals surface area contributed by atoms with Crippen LogP contribution in [0.4, 0.5) is 11.4 Å². The highest BCUT2D eigenvalue weighted by molar-refractivity contribution is 6.33. The van der Waals surface area contributed by atoms with Gasteiger partial charge in [0.2, 0.25) is 5.91 Å². The lowest BCUT2D eigenvalue weighted by molar-refractivity contribution is -0.131. The Kier molecular flexibility index (Phi) is 4.33. The second-order valence-corrected chi connectivity index (χ2v) is 8.06. The molecular formula is C19H26ClN3O.